The molecule has 122 valence electrons. The van der Waals surface area contributed by atoms with Crippen molar-refractivity contribution in [2.24, 2.45) is 0 Å². The third-order valence-electron chi connectivity index (χ3n) is 3.64. The Balaban J connectivity index is 1.70. The number of benzene rings is 2. The maximum absolute atomic E-state index is 12.9. The molecule has 0 aliphatic heterocycles. The van der Waals surface area contributed by atoms with E-state index in [1.54, 1.807) is 12.1 Å². The Morgan fingerprint density at radius 2 is 1.83 bits per heavy atom. The van der Waals surface area contributed by atoms with Gasteiger partial charge in [0.1, 0.15) is 18.2 Å². The van der Waals surface area contributed by atoms with E-state index < -0.39 is 6.04 Å². The van der Waals surface area contributed by atoms with Gasteiger partial charge in [-0.15, -0.1) is 5.10 Å². The summed E-state index contributed by atoms with van der Waals surface area (Å²) in [6.45, 7) is 0.312. The van der Waals surface area contributed by atoms with E-state index in [0.29, 0.717) is 13.0 Å². The SMILES string of the molecule is O=C(NCc1ccc(F)cc1)[C@H](Cc1ccccc1)n1cnnn1. The summed E-state index contributed by atoms with van der Waals surface area (Å²) in [6.07, 6.45) is 1.90. The van der Waals surface area contributed by atoms with Crippen LogP contribution in [0.25, 0.3) is 0 Å². The first-order valence-corrected chi connectivity index (χ1v) is 7.51. The Hall–Kier alpha value is -3.09. The molecule has 0 unspecified atom stereocenters. The second-order valence-electron chi connectivity index (χ2n) is 5.34. The van der Waals surface area contributed by atoms with E-state index in [0.717, 1.165) is 11.1 Å². The van der Waals surface area contributed by atoms with Crippen LogP contribution in [0.15, 0.2) is 60.9 Å². The van der Waals surface area contributed by atoms with E-state index in [-0.39, 0.29) is 11.7 Å². The van der Waals surface area contributed by atoms with Crippen molar-refractivity contribution >= 4 is 5.91 Å². The van der Waals surface area contributed by atoms with Crippen LogP contribution in [-0.4, -0.2) is 26.1 Å². The van der Waals surface area contributed by atoms with E-state index in [9.17, 15) is 9.18 Å². The van der Waals surface area contributed by atoms with Crippen LogP contribution in [0.1, 0.15) is 17.2 Å². The summed E-state index contributed by atoms with van der Waals surface area (Å²) in [7, 11) is 0. The third kappa shape index (κ3) is 4.01. The van der Waals surface area contributed by atoms with E-state index in [1.807, 2.05) is 30.3 Å². The molecular weight excluding hydrogens is 309 g/mol. The van der Waals surface area contributed by atoms with Gasteiger partial charge in [0.05, 0.1) is 0 Å². The number of halogens is 1. The van der Waals surface area contributed by atoms with Crippen molar-refractivity contribution in [1.29, 1.82) is 0 Å². The highest BCUT2D eigenvalue weighted by molar-refractivity contribution is 5.80. The second-order valence-corrected chi connectivity index (χ2v) is 5.34. The number of hydrogen-bond donors (Lipinski definition) is 1. The zero-order chi connectivity index (χ0) is 16.8. The molecule has 3 rings (SSSR count). The Bertz CT molecular complexity index is 775. The fraction of sp³-hybridized carbons (Fsp3) is 0.176. The predicted molar refractivity (Wildman–Crippen MR) is 85.2 cm³/mol. The molecule has 1 aromatic heterocycles. The number of tetrazole rings is 1. The predicted octanol–water partition coefficient (Wildman–Crippen LogP) is 1.91. The molecule has 2 aromatic carbocycles. The Morgan fingerprint density at radius 1 is 1.08 bits per heavy atom. The van der Waals surface area contributed by atoms with Crippen LogP contribution >= 0.6 is 0 Å². The van der Waals surface area contributed by atoms with Gasteiger partial charge in [0.15, 0.2) is 0 Å². The highest BCUT2D eigenvalue weighted by Gasteiger charge is 2.22. The van der Waals surface area contributed by atoms with Gasteiger partial charge in [0.25, 0.3) is 0 Å². The van der Waals surface area contributed by atoms with Crippen LogP contribution in [0.4, 0.5) is 4.39 Å². The molecule has 0 spiro atoms. The minimum atomic E-state index is -0.553. The Morgan fingerprint density at radius 3 is 2.50 bits per heavy atom. The van der Waals surface area contributed by atoms with Crippen molar-refractivity contribution in [3.63, 3.8) is 0 Å². The molecular formula is C17H16FN5O. The lowest BCUT2D eigenvalue weighted by Gasteiger charge is -2.16. The molecule has 6 nitrogen and oxygen atoms in total. The lowest BCUT2D eigenvalue weighted by atomic mass is 10.1. The van der Waals surface area contributed by atoms with E-state index >= 15 is 0 Å². The number of nitrogens with one attached hydrogen (secondary N) is 1. The molecule has 1 atom stereocenters. The van der Waals surface area contributed by atoms with Crippen LogP contribution < -0.4 is 5.32 Å². The number of aromatic nitrogens is 4. The first kappa shape index (κ1) is 15.8. The standard InChI is InChI=1S/C17H16FN5O/c18-15-8-6-14(7-9-15)11-19-17(24)16(23-12-20-21-22-23)10-13-4-2-1-3-5-13/h1-9,12,16H,10-11H2,(H,19,24)/t16-/m0/s1. The maximum atomic E-state index is 12.9. The monoisotopic (exact) mass is 325 g/mol. The van der Waals surface area contributed by atoms with E-state index in [1.165, 1.54) is 23.1 Å². The number of nitrogens with zero attached hydrogens (tertiary/aromatic N) is 4. The smallest absolute Gasteiger partial charge is 0.245 e. The molecule has 0 radical (unpaired) electrons. The fourth-order valence-corrected chi connectivity index (χ4v) is 2.36. The average Bonchev–Trinajstić information content (AvgIpc) is 3.14. The first-order valence-electron chi connectivity index (χ1n) is 7.51. The highest BCUT2D eigenvalue weighted by atomic mass is 19.1. The Labute approximate surface area is 138 Å². The lowest BCUT2D eigenvalue weighted by Crippen LogP contribution is -2.34. The minimum Gasteiger partial charge on any atom is -0.350 e. The van der Waals surface area contributed by atoms with Crippen molar-refractivity contribution in [3.05, 3.63) is 77.9 Å². The van der Waals surface area contributed by atoms with Gasteiger partial charge in [-0.05, 0) is 33.7 Å². The second kappa shape index (κ2) is 7.45. The molecule has 0 saturated heterocycles. The summed E-state index contributed by atoms with van der Waals surface area (Å²) in [5.74, 6) is -0.504. The zero-order valence-electron chi connectivity index (χ0n) is 12.8. The Kier molecular flexibility index (Phi) is 4.90. The van der Waals surface area contributed by atoms with Crippen molar-refractivity contribution in [2.45, 2.75) is 19.0 Å². The summed E-state index contributed by atoms with van der Waals surface area (Å²) in [4.78, 5) is 12.6. The molecule has 1 N–H and O–H groups in total. The van der Waals surface area contributed by atoms with Crippen LogP contribution in [0.2, 0.25) is 0 Å². The van der Waals surface area contributed by atoms with Gasteiger partial charge in [-0.25, -0.2) is 9.07 Å². The van der Waals surface area contributed by atoms with Crippen LogP contribution in [-0.2, 0) is 17.8 Å². The van der Waals surface area contributed by atoms with E-state index in [4.69, 9.17) is 0 Å². The highest BCUT2D eigenvalue weighted by Crippen LogP contribution is 2.13. The number of carbonyl (C=O) groups excluding carboxylic acids is 1. The van der Waals surface area contributed by atoms with Gasteiger partial charge < -0.3 is 5.32 Å². The maximum Gasteiger partial charge on any atom is 0.245 e. The summed E-state index contributed by atoms with van der Waals surface area (Å²) < 4.78 is 14.4. The largest absolute Gasteiger partial charge is 0.350 e. The van der Waals surface area contributed by atoms with Crippen molar-refractivity contribution in [3.8, 4) is 0 Å². The fourth-order valence-electron chi connectivity index (χ4n) is 2.36. The number of rotatable bonds is 6. The zero-order valence-corrected chi connectivity index (χ0v) is 12.8. The van der Waals surface area contributed by atoms with Crippen molar-refractivity contribution in [2.75, 3.05) is 0 Å². The summed E-state index contributed by atoms with van der Waals surface area (Å²) >= 11 is 0. The third-order valence-corrected chi connectivity index (χ3v) is 3.64. The number of carbonyl (C=O) groups is 1. The molecule has 0 bridgehead atoms. The molecule has 1 amide bonds. The molecule has 0 aliphatic carbocycles. The summed E-state index contributed by atoms with van der Waals surface area (Å²) in [6, 6.07) is 15.1. The molecule has 1 heterocycles. The molecule has 0 aliphatic rings. The normalized spacial score (nSPS) is 11.9. The van der Waals surface area contributed by atoms with Gasteiger partial charge in [0.2, 0.25) is 5.91 Å². The van der Waals surface area contributed by atoms with Crippen LogP contribution in [0, 0.1) is 5.82 Å². The summed E-state index contributed by atoms with van der Waals surface area (Å²) in [5, 5.41) is 13.9. The lowest BCUT2D eigenvalue weighted by molar-refractivity contribution is -0.124. The number of amides is 1. The quantitative estimate of drug-likeness (QED) is 0.751. The first-order chi connectivity index (χ1) is 11.7. The van der Waals surface area contributed by atoms with Crippen molar-refractivity contribution in [1.82, 2.24) is 25.5 Å². The topological polar surface area (TPSA) is 72.7 Å². The molecule has 0 fully saturated rings. The minimum absolute atomic E-state index is 0.199. The molecule has 3 aromatic rings. The van der Waals surface area contributed by atoms with Crippen molar-refractivity contribution < 1.29 is 9.18 Å². The van der Waals surface area contributed by atoms with Crippen LogP contribution in [0.3, 0.4) is 0 Å². The van der Waals surface area contributed by atoms with Crippen LogP contribution in [0.5, 0.6) is 0 Å². The molecule has 7 heteroatoms. The molecule has 24 heavy (non-hydrogen) atoms. The summed E-state index contributed by atoms with van der Waals surface area (Å²) in [5.41, 5.74) is 1.83. The number of hydrogen-bond acceptors (Lipinski definition) is 4. The van der Waals surface area contributed by atoms with E-state index in [2.05, 4.69) is 20.8 Å². The molecule has 0 saturated carbocycles. The average molecular weight is 325 g/mol. The van der Waals surface area contributed by atoms with Gasteiger partial charge in [0, 0.05) is 13.0 Å². The van der Waals surface area contributed by atoms with Gasteiger partial charge in [-0.1, -0.05) is 42.5 Å². The van der Waals surface area contributed by atoms with Gasteiger partial charge in [-0.2, -0.15) is 0 Å². The van der Waals surface area contributed by atoms with Gasteiger partial charge in [-0.3, -0.25) is 4.79 Å². The van der Waals surface area contributed by atoms with Gasteiger partial charge >= 0.3 is 0 Å².